The normalized spacial score (nSPS) is 12.6. The lowest BCUT2D eigenvalue weighted by Gasteiger charge is -2.09. The lowest BCUT2D eigenvalue weighted by atomic mass is 10.0. The number of carboxylic acids is 1. The Morgan fingerprint density at radius 3 is 2.12 bits per heavy atom. The SMILES string of the molecule is CCCCC(O)CCCCCCCCC(=O)[O-]. The molecule has 0 rings (SSSR count). The highest BCUT2D eigenvalue weighted by Crippen LogP contribution is 2.12. The number of carbonyl (C=O) groups is 1. The summed E-state index contributed by atoms with van der Waals surface area (Å²) < 4.78 is 0. The van der Waals surface area contributed by atoms with Crippen molar-refractivity contribution in [1.29, 1.82) is 0 Å². The second-order valence-corrected chi connectivity index (χ2v) is 4.83. The summed E-state index contributed by atoms with van der Waals surface area (Å²) in [5.41, 5.74) is 0. The van der Waals surface area contributed by atoms with Gasteiger partial charge in [-0.2, -0.15) is 0 Å². The van der Waals surface area contributed by atoms with Gasteiger partial charge in [-0.3, -0.25) is 0 Å². The molecule has 0 fully saturated rings. The molecular formula is C14H27O3-. The minimum Gasteiger partial charge on any atom is -0.550 e. The van der Waals surface area contributed by atoms with E-state index < -0.39 is 5.97 Å². The average molecular weight is 243 g/mol. The molecule has 0 amide bonds. The van der Waals surface area contributed by atoms with Crippen LogP contribution in [0.15, 0.2) is 0 Å². The van der Waals surface area contributed by atoms with Gasteiger partial charge in [-0.05, 0) is 25.7 Å². The number of rotatable bonds is 12. The monoisotopic (exact) mass is 243 g/mol. The smallest absolute Gasteiger partial charge is 0.0540 e. The van der Waals surface area contributed by atoms with Crippen molar-refractivity contribution < 1.29 is 15.0 Å². The van der Waals surface area contributed by atoms with Crippen LogP contribution in [0.1, 0.15) is 77.6 Å². The van der Waals surface area contributed by atoms with Crippen LogP contribution in [0.25, 0.3) is 0 Å². The molecule has 0 radical (unpaired) electrons. The van der Waals surface area contributed by atoms with Crippen LogP contribution in [0.2, 0.25) is 0 Å². The number of unbranched alkanes of at least 4 members (excludes halogenated alkanes) is 6. The number of carboxylic acid groups (broad SMARTS) is 1. The molecule has 0 spiro atoms. The van der Waals surface area contributed by atoms with Gasteiger partial charge in [0.05, 0.1) is 6.10 Å². The van der Waals surface area contributed by atoms with Crippen molar-refractivity contribution in [3.8, 4) is 0 Å². The van der Waals surface area contributed by atoms with Crippen LogP contribution in [-0.2, 0) is 4.79 Å². The molecule has 3 heteroatoms. The molecule has 0 saturated heterocycles. The largest absolute Gasteiger partial charge is 0.550 e. The van der Waals surface area contributed by atoms with Gasteiger partial charge in [-0.15, -0.1) is 0 Å². The van der Waals surface area contributed by atoms with Crippen LogP contribution in [0, 0.1) is 0 Å². The topological polar surface area (TPSA) is 60.4 Å². The maximum Gasteiger partial charge on any atom is 0.0540 e. The highest BCUT2D eigenvalue weighted by molar-refractivity contribution is 5.63. The highest BCUT2D eigenvalue weighted by Gasteiger charge is 2.02. The number of aliphatic hydroxyl groups excluding tert-OH is 1. The molecular weight excluding hydrogens is 216 g/mol. The Labute approximate surface area is 105 Å². The van der Waals surface area contributed by atoms with Crippen LogP contribution in [0.3, 0.4) is 0 Å². The van der Waals surface area contributed by atoms with Crippen molar-refractivity contribution in [3.05, 3.63) is 0 Å². The highest BCUT2D eigenvalue weighted by atomic mass is 16.4. The second kappa shape index (κ2) is 11.9. The number of hydrogen-bond donors (Lipinski definition) is 1. The van der Waals surface area contributed by atoms with Gasteiger partial charge in [0.25, 0.3) is 0 Å². The Kier molecular flexibility index (Phi) is 11.5. The van der Waals surface area contributed by atoms with E-state index >= 15 is 0 Å². The van der Waals surface area contributed by atoms with Crippen molar-refractivity contribution in [2.75, 3.05) is 0 Å². The van der Waals surface area contributed by atoms with E-state index in [4.69, 9.17) is 0 Å². The third-order valence-corrected chi connectivity index (χ3v) is 3.06. The fourth-order valence-corrected chi connectivity index (χ4v) is 1.94. The Balaban J connectivity index is 3.10. The molecule has 1 N–H and O–H groups in total. The summed E-state index contributed by atoms with van der Waals surface area (Å²) >= 11 is 0. The van der Waals surface area contributed by atoms with Crippen LogP contribution < -0.4 is 5.11 Å². The van der Waals surface area contributed by atoms with E-state index in [9.17, 15) is 15.0 Å². The molecule has 0 bridgehead atoms. The first-order valence-electron chi connectivity index (χ1n) is 7.04. The first kappa shape index (κ1) is 16.4. The van der Waals surface area contributed by atoms with Gasteiger partial charge in [-0.25, -0.2) is 0 Å². The molecule has 0 aliphatic carbocycles. The predicted octanol–water partition coefficient (Wildman–Crippen LogP) is 2.41. The van der Waals surface area contributed by atoms with Crippen molar-refractivity contribution in [1.82, 2.24) is 0 Å². The van der Waals surface area contributed by atoms with E-state index in [0.29, 0.717) is 0 Å². The third-order valence-electron chi connectivity index (χ3n) is 3.06. The molecule has 0 aliphatic heterocycles. The first-order valence-corrected chi connectivity index (χ1v) is 7.04. The van der Waals surface area contributed by atoms with Crippen LogP contribution in [0.5, 0.6) is 0 Å². The lowest BCUT2D eigenvalue weighted by Crippen LogP contribution is -2.21. The van der Waals surface area contributed by atoms with Crippen molar-refractivity contribution in [2.24, 2.45) is 0 Å². The summed E-state index contributed by atoms with van der Waals surface area (Å²) in [4.78, 5) is 10.2. The zero-order chi connectivity index (χ0) is 12.9. The maximum atomic E-state index is 10.2. The summed E-state index contributed by atoms with van der Waals surface area (Å²) in [6.07, 6.45) is 10.4. The van der Waals surface area contributed by atoms with Crippen LogP contribution in [0.4, 0.5) is 0 Å². The fraction of sp³-hybridized carbons (Fsp3) is 0.929. The van der Waals surface area contributed by atoms with Gasteiger partial charge < -0.3 is 15.0 Å². The lowest BCUT2D eigenvalue weighted by molar-refractivity contribution is -0.305. The molecule has 0 aromatic rings. The summed E-state index contributed by atoms with van der Waals surface area (Å²) in [6, 6.07) is 0. The molecule has 0 saturated carbocycles. The summed E-state index contributed by atoms with van der Waals surface area (Å²) in [5, 5.41) is 19.8. The minimum atomic E-state index is -0.941. The second-order valence-electron chi connectivity index (χ2n) is 4.83. The van der Waals surface area contributed by atoms with Gasteiger partial charge in [0.2, 0.25) is 0 Å². The molecule has 0 aromatic carbocycles. The zero-order valence-electron chi connectivity index (χ0n) is 11.1. The van der Waals surface area contributed by atoms with Gasteiger partial charge in [0.15, 0.2) is 0 Å². The third kappa shape index (κ3) is 13.4. The average Bonchev–Trinajstić information content (AvgIpc) is 2.29. The minimum absolute atomic E-state index is 0.118. The Morgan fingerprint density at radius 2 is 1.53 bits per heavy atom. The molecule has 102 valence electrons. The van der Waals surface area contributed by atoms with Crippen molar-refractivity contribution >= 4 is 5.97 Å². The van der Waals surface area contributed by atoms with E-state index in [0.717, 1.165) is 64.2 Å². The van der Waals surface area contributed by atoms with E-state index in [-0.39, 0.29) is 12.5 Å². The quantitative estimate of drug-likeness (QED) is 0.535. The molecule has 0 aromatic heterocycles. The Morgan fingerprint density at radius 1 is 1.00 bits per heavy atom. The van der Waals surface area contributed by atoms with Gasteiger partial charge in [0.1, 0.15) is 0 Å². The summed E-state index contributed by atoms with van der Waals surface area (Å²) in [7, 11) is 0. The van der Waals surface area contributed by atoms with Gasteiger partial charge in [-0.1, -0.05) is 51.9 Å². The van der Waals surface area contributed by atoms with E-state index in [1.807, 2.05) is 0 Å². The summed E-state index contributed by atoms with van der Waals surface area (Å²) in [5.74, 6) is -0.941. The Hall–Kier alpha value is -0.570. The molecule has 0 aliphatic rings. The molecule has 1 unspecified atom stereocenters. The molecule has 3 nitrogen and oxygen atoms in total. The standard InChI is InChI=1S/C14H28O3/c1-2-3-10-13(15)11-8-6-4-5-7-9-12-14(16)17/h13,15H,2-12H2,1H3,(H,16,17)/p-1. The van der Waals surface area contributed by atoms with Gasteiger partial charge >= 0.3 is 0 Å². The number of aliphatic hydroxyl groups is 1. The van der Waals surface area contributed by atoms with E-state index in [1.165, 1.54) is 0 Å². The maximum absolute atomic E-state index is 10.2. The number of hydrogen-bond acceptors (Lipinski definition) is 3. The van der Waals surface area contributed by atoms with E-state index in [1.54, 1.807) is 0 Å². The van der Waals surface area contributed by atoms with Crippen LogP contribution in [-0.4, -0.2) is 17.2 Å². The van der Waals surface area contributed by atoms with E-state index in [2.05, 4.69) is 6.92 Å². The molecule has 1 atom stereocenters. The fourth-order valence-electron chi connectivity index (χ4n) is 1.94. The van der Waals surface area contributed by atoms with Crippen LogP contribution >= 0.6 is 0 Å². The van der Waals surface area contributed by atoms with Crippen molar-refractivity contribution in [2.45, 2.75) is 83.7 Å². The summed E-state index contributed by atoms with van der Waals surface area (Å²) in [6.45, 7) is 2.14. The first-order chi connectivity index (χ1) is 8.16. The zero-order valence-corrected chi connectivity index (χ0v) is 11.1. The number of carbonyl (C=O) groups excluding carboxylic acids is 1. The molecule has 17 heavy (non-hydrogen) atoms. The predicted molar refractivity (Wildman–Crippen MR) is 67.5 cm³/mol. The number of aliphatic carboxylic acids is 1. The van der Waals surface area contributed by atoms with Crippen molar-refractivity contribution in [3.63, 3.8) is 0 Å². The Bertz CT molecular complexity index is 180. The molecule has 0 heterocycles. The van der Waals surface area contributed by atoms with Gasteiger partial charge in [0, 0.05) is 5.97 Å².